The summed E-state index contributed by atoms with van der Waals surface area (Å²) in [6, 6.07) is 7.28. The lowest BCUT2D eigenvalue weighted by molar-refractivity contribution is -0.776. The van der Waals surface area contributed by atoms with Crippen LogP contribution in [0.15, 0.2) is 36.7 Å². The maximum atomic E-state index is 12.4. The Kier molecular flexibility index (Phi) is 10.6. The molecule has 1 saturated heterocycles. The van der Waals surface area contributed by atoms with E-state index >= 15 is 0 Å². The van der Waals surface area contributed by atoms with E-state index in [-0.39, 0.29) is 23.6 Å². The van der Waals surface area contributed by atoms with Gasteiger partial charge >= 0.3 is 36.1 Å². The zero-order valence-electron chi connectivity index (χ0n) is 26.9. The summed E-state index contributed by atoms with van der Waals surface area (Å²) < 4.78 is 35.4. The first-order valence-corrected chi connectivity index (χ1v) is 14.6. The third-order valence-electron chi connectivity index (χ3n) is 7.83. The maximum absolute atomic E-state index is 12.4. The van der Waals surface area contributed by atoms with Crippen molar-refractivity contribution in [2.24, 2.45) is 0 Å². The van der Waals surface area contributed by atoms with Crippen LogP contribution in [0.4, 0.5) is 0 Å². The van der Waals surface area contributed by atoms with Gasteiger partial charge in [-0.1, -0.05) is 0 Å². The van der Waals surface area contributed by atoms with Crippen molar-refractivity contribution in [3.05, 3.63) is 47.8 Å². The second kappa shape index (κ2) is 14.1. The lowest BCUT2D eigenvalue weighted by Gasteiger charge is -2.41. The van der Waals surface area contributed by atoms with Crippen molar-refractivity contribution in [3.63, 3.8) is 0 Å². The number of ether oxygens (including phenoxy) is 6. The Morgan fingerprint density at radius 1 is 0.766 bits per heavy atom. The predicted molar refractivity (Wildman–Crippen MR) is 161 cm³/mol. The smallest absolute Gasteiger partial charge is 0.308 e. The quantitative estimate of drug-likeness (QED) is 0.123. The van der Waals surface area contributed by atoms with E-state index in [1.807, 2.05) is 38.2 Å². The molecule has 1 fully saturated rings. The molecule has 0 bridgehead atoms. The Bertz CT molecular complexity index is 1900. The molecule has 3 heterocycles. The first-order chi connectivity index (χ1) is 21.7. The Hall–Kier alpha value is -4.56. The topological polar surface area (TPSA) is 160 Å². The number of fused-ring (bicyclic) bond motifs is 4. The number of hydrogen-bond acceptors (Lipinski definition) is 11. The molecule has 2 aromatic carbocycles. The van der Waals surface area contributed by atoms with Crippen LogP contribution in [0.1, 0.15) is 52.0 Å². The van der Waals surface area contributed by atoms with E-state index in [0.717, 1.165) is 43.7 Å². The molecule has 1 N–H and O–H groups in total. The molecule has 0 spiro atoms. The fourth-order valence-corrected chi connectivity index (χ4v) is 6.08. The van der Waals surface area contributed by atoms with Crippen molar-refractivity contribution >= 4 is 62.4 Å². The molecule has 0 amide bonds. The van der Waals surface area contributed by atoms with Crippen molar-refractivity contribution in [1.82, 2.24) is 4.98 Å². The molecule has 0 aliphatic carbocycles. The molecule has 250 valence electrons. The number of nitrogens with one attached hydrogen (secondary N) is 1. The summed E-state index contributed by atoms with van der Waals surface area (Å²) in [6.07, 6.45) is -2.44. The molecule has 5 atom stereocenters. The summed E-state index contributed by atoms with van der Waals surface area (Å²) in [5.74, 6) is -2.72. The molecule has 47 heavy (non-hydrogen) atoms. The molecule has 0 saturated carbocycles. The number of hydrogen-bond donors (Lipinski definition) is 1. The summed E-state index contributed by atoms with van der Waals surface area (Å²) in [5, 5.41) is 3.55. The number of esters is 5. The molecule has 0 radical (unpaired) electrons. The van der Waals surface area contributed by atoms with Gasteiger partial charge in [0.1, 0.15) is 18.5 Å². The van der Waals surface area contributed by atoms with E-state index in [0.29, 0.717) is 5.75 Å². The molecule has 1 aliphatic heterocycles. The van der Waals surface area contributed by atoms with Crippen LogP contribution in [0.2, 0.25) is 0 Å². The Balaban J connectivity index is 0.00000500. The molecule has 13 nitrogen and oxygen atoms in total. The van der Waals surface area contributed by atoms with E-state index in [1.165, 1.54) is 34.6 Å². The summed E-state index contributed by atoms with van der Waals surface area (Å²) in [5.41, 5.74) is 3.65. The van der Waals surface area contributed by atoms with Gasteiger partial charge in [-0.25, -0.2) is 0 Å². The molecule has 1 aliphatic rings. The molecule has 2 aromatic heterocycles. The number of rotatable bonds is 7. The SMILES string of the molecule is CC(=O)OC[C@@H]1O[C@@H]([n+]2ccc3c(C)c4[nH]c5ccc(OC(C)=O)cc5c4c(C)c3c2)[C@H](OC(C)=O)[C@H](OC(C)=O)[C@@H]1OC(C)=O.[Br-]. The predicted octanol–water partition coefficient (Wildman–Crippen LogP) is 0.564. The second-order valence-corrected chi connectivity index (χ2v) is 11.2. The molecule has 14 heteroatoms. The number of benzene rings is 2. The number of aromatic nitrogens is 2. The lowest BCUT2D eigenvalue weighted by Crippen LogP contribution is -3.00. The third kappa shape index (κ3) is 7.23. The fraction of sp³-hybridized carbons (Fsp3) is 0.394. The van der Waals surface area contributed by atoms with E-state index < -0.39 is 60.5 Å². The molecule has 5 rings (SSSR count). The van der Waals surface area contributed by atoms with E-state index in [2.05, 4.69) is 4.98 Å². The molecule has 0 unspecified atom stereocenters. The van der Waals surface area contributed by atoms with Gasteiger partial charge in [0, 0.05) is 62.4 Å². The van der Waals surface area contributed by atoms with Crippen LogP contribution < -0.4 is 26.3 Å². The number of H-pyrrole nitrogens is 1. The van der Waals surface area contributed by atoms with Gasteiger partial charge in [0.15, 0.2) is 24.6 Å². The van der Waals surface area contributed by atoms with Gasteiger partial charge in [0.25, 0.3) is 0 Å². The van der Waals surface area contributed by atoms with Gasteiger partial charge in [-0.2, -0.15) is 4.57 Å². The number of pyridine rings is 1. The number of halogens is 1. The third-order valence-corrected chi connectivity index (χ3v) is 7.83. The zero-order valence-corrected chi connectivity index (χ0v) is 28.5. The normalized spacial score (nSPS) is 20.7. The fourth-order valence-electron chi connectivity index (χ4n) is 6.08. The summed E-state index contributed by atoms with van der Waals surface area (Å²) in [7, 11) is 0. The number of aryl methyl sites for hydroxylation is 2. The van der Waals surface area contributed by atoms with E-state index in [9.17, 15) is 24.0 Å². The largest absolute Gasteiger partial charge is 1.00 e. The highest BCUT2D eigenvalue weighted by Gasteiger charge is 2.56. The minimum absolute atomic E-state index is 0. The first kappa shape index (κ1) is 35.3. The van der Waals surface area contributed by atoms with E-state index in [4.69, 9.17) is 28.4 Å². The van der Waals surface area contributed by atoms with E-state index in [1.54, 1.807) is 16.8 Å². The van der Waals surface area contributed by atoms with Gasteiger partial charge in [-0.05, 0) is 48.6 Å². The number of carbonyl (C=O) groups is 5. The zero-order chi connectivity index (χ0) is 33.4. The van der Waals surface area contributed by atoms with Crippen LogP contribution in [-0.2, 0) is 47.7 Å². The van der Waals surface area contributed by atoms with Crippen LogP contribution in [0, 0.1) is 13.8 Å². The summed E-state index contributed by atoms with van der Waals surface area (Å²) >= 11 is 0. The highest BCUT2D eigenvalue weighted by molar-refractivity contribution is 6.16. The average molecular weight is 716 g/mol. The maximum Gasteiger partial charge on any atom is 0.308 e. The monoisotopic (exact) mass is 714 g/mol. The van der Waals surface area contributed by atoms with Crippen molar-refractivity contribution in [2.75, 3.05) is 6.61 Å². The van der Waals surface area contributed by atoms with Crippen LogP contribution >= 0.6 is 0 Å². The van der Waals surface area contributed by atoms with Crippen molar-refractivity contribution < 1.29 is 73.9 Å². The number of aromatic amines is 1. The van der Waals surface area contributed by atoms with Gasteiger partial charge in [-0.3, -0.25) is 24.0 Å². The van der Waals surface area contributed by atoms with Gasteiger partial charge in [-0.15, -0.1) is 0 Å². The minimum Gasteiger partial charge on any atom is -1.00 e. The van der Waals surface area contributed by atoms with Gasteiger partial charge in [0.2, 0.25) is 6.10 Å². The first-order valence-electron chi connectivity index (χ1n) is 14.6. The summed E-state index contributed by atoms with van der Waals surface area (Å²) in [4.78, 5) is 63.6. The molecule has 4 aromatic rings. The van der Waals surface area contributed by atoms with Crippen LogP contribution in [0.25, 0.3) is 32.6 Å². The van der Waals surface area contributed by atoms with Crippen molar-refractivity contribution in [2.45, 2.75) is 79.1 Å². The standard InChI is InChI=1S/C33H34N2O11.BrH/c1-15-25-13-35(11-10-23(25)16(2)29-28(15)24-12-22(42-18(4)37)8-9-26(24)34-29)33-32(45-21(7)40)31(44-20(6)39)30(43-19(5)38)27(46-33)14-41-17(3)36;/h8-13,27,30-33H,14H2,1-7H3;1H/t27-,30+,31+,32+,33+;/m0./s1. The highest BCUT2D eigenvalue weighted by Crippen LogP contribution is 2.38. The highest BCUT2D eigenvalue weighted by atomic mass is 79.9. The number of carbonyl (C=O) groups excluding carboxylic acids is 5. The van der Waals surface area contributed by atoms with Gasteiger partial charge in [0.05, 0.1) is 5.52 Å². The van der Waals surface area contributed by atoms with Crippen LogP contribution in [-0.4, -0.2) is 65.9 Å². The Labute approximate surface area is 280 Å². The van der Waals surface area contributed by atoms with Crippen molar-refractivity contribution in [3.8, 4) is 5.75 Å². The average Bonchev–Trinajstić information content (AvgIpc) is 3.35. The van der Waals surface area contributed by atoms with Crippen LogP contribution in [0.5, 0.6) is 5.75 Å². The summed E-state index contributed by atoms with van der Waals surface area (Å²) in [6.45, 7) is 9.73. The second-order valence-electron chi connectivity index (χ2n) is 11.2. The minimum atomic E-state index is -1.30. The number of nitrogens with zero attached hydrogens (tertiary/aromatic N) is 1. The Morgan fingerprint density at radius 3 is 2.02 bits per heavy atom. The van der Waals surface area contributed by atoms with Crippen molar-refractivity contribution in [1.29, 1.82) is 0 Å². The molecular weight excluding hydrogens is 680 g/mol. The van der Waals surface area contributed by atoms with Gasteiger partial charge < -0.3 is 50.4 Å². The van der Waals surface area contributed by atoms with Crippen LogP contribution in [0.3, 0.4) is 0 Å². The lowest BCUT2D eigenvalue weighted by atomic mass is 9.95. The molecular formula is C33H35BrN2O11. The Morgan fingerprint density at radius 2 is 1.40 bits per heavy atom.